The first-order valence-corrected chi connectivity index (χ1v) is 11.2. The topological polar surface area (TPSA) is 66.9 Å². The van der Waals surface area contributed by atoms with Crippen molar-refractivity contribution in [2.24, 2.45) is 0 Å². The summed E-state index contributed by atoms with van der Waals surface area (Å²) in [6.07, 6.45) is 0. The van der Waals surface area contributed by atoms with Gasteiger partial charge in [-0.1, -0.05) is 23.5 Å². The van der Waals surface area contributed by atoms with E-state index in [-0.39, 0.29) is 5.91 Å². The highest BCUT2D eigenvalue weighted by Gasteiger charge is 2.20. The largest absolute Gasteiger partial charge is 0.497 e. The Bertz CT molecular complexity index is 1040. The molecule has 164 valence electrons. The zero-order chi connectivity index (χ0) is 21.8. The van der Waals surface area contributed by atoms with E-state index in [0.29, 0.717) is 23.6 Å². The summed E-state index contributed by atoms with van der Waals surface area (Å²) in [6.45, 7) is 7.33. The van der Waals surface area contributed by atoms with E-state index in [4.69, 9.17) is 14.5 Å². The van der Waals surface area contributed by atoms with Crippen LogP contribution in [0.2, 0.25) is 0 Å². The summed E-state index contributed by atoms with van der Waals surface area (Å²) in [5.41, 5.74) is 2.87. The highest BCUT2D eigenvalue weighted by molar-refractivity contribution is 7.22. The summed E-state index contributed by atoms with van der Waals surface area (Å²) < 4.78 is 11.7. The number of aromatic nitrogens is 1. The smallest absolute Gasteiger partial charge is 0.251 e. The van der Waals surface area contributed by atoms with Gasteiger partial charge in [-0.2, -0.15) is 0 Å². The van der Waals surface area contributed by atoms with Gasteiger partial charge in [-0.25, -0.2) is 4.98 Å². The second-order valence-corrected chi connectivity index (χ2v) is 8.61. The van der Waals surface area contributed by atoms with Gasteiger partial charge in [0.15, 0.2) is 5.13 Å². The molecule has 2 heterocycles. The van der Waals surface area contributed by atoms with Crippen molar-refractivity contribution in [3.05, 3.63) is 47.5 Å². The predicted octanol–water partition coefficient (Wildman–Crippen LogP) is 3.17. The van der Waals surface area contributed by atoms with Crippen molar-refractivity contribution in [3.8, 4) is 11.5 Å². The molecule has 3 aromatic rings. The summed E-state index contributed by atoms with van der Waals surface area (Å²) in [6, 6.07) is 11.5. The molecule has 0 radical (unpaired) electrons. The summed E-state index contributed by atoms with van der Waals surface area (Å²) in [4.78, 5) is 22.1. The van der Waals surface area contributed by atoms with Gasteiger partial charge in [0.25, 0.3) is 5.91 Å². The van der Waals surface area contributed by atoms with Crippen molar-refractivity contribution in [2.75, 3.05) is 58.4 Å². The average Bonchev–Trinajstić information content (AvgIpc) is 3.25. The maximum atomic E-state index is 12.5. The van der Waals surface area contributed by atoms with Gasteiger partial charge < -0.3 is 19.7 Å². The normalized spacial score (nSPS) is 14.6. The third-order valence-electron chi connectivity index (χ3n) is 5.58. The molecule has 31 heavy (non-hydrogen) atoms. The van der Waals surface area contributed by atoms with Crippen LogP contribution in [-0.4, -0.2) is 69.3 Å². The van der Waals surface area contributed by atoms with E-state index in [1.165, 1.54) is 10.3 Å². The molecule has 1 saturated heterocycles. The fourth-order valence-electron chi connectivity index (χ4n) is 3.74. The molecule has 4 rings (SSSR count). The zero-order valence-electron chi connectivity index (χ0n) is 18.2. The molecule has 1 N–H and O–H groups in total. The van der Waals surface area contributed by atoms with Crippen LogP contribution >= 0.6 is 11.3 Å². The van der Waals surface area contributed by atoms with Crippen molar-refractivity contribution in [1.82, 2.24) is 15.2 Å². The molecule has 0 saturated carbocycles. The lowest BCUT2D eigenvalue weighted by atomic mass is 10.2. The molecule has 1 aliphatic heterocycles. The second-order valence-electron chi connectivity index (χ2n) is 7.60. The number of piperazine rings is 1. The van der Waals surface area contributed by atoms with Crippen LogP contribution in [0.3, 0.4) is 0 Å². The molecule has 1 aromatic heterocycles. The highest BCUT2D eigenvalue weighted by atomic mass is 32.1. The molecule has 0 spiro atoms. The molecule has 1 amide bonds. The third kappa shape index (κ3) is 4.91. The second kappa shape index (κ2) is 9.53. The first-order chi connectivity index (χ1) is 15.1. The number of amides is 1. The molecule has 7 nitrogen and oxygen atoms in total. The van der Waals surface area contributed by atoms with Gasteiger partial charge in [-0.05, 0) is 30.7 Å². The van der Waals surface area contributed by atoms with E-state index < -0.39 is 0 Å². The van der Waals surface area contributed by atoms with Gasteiger partial charge in [0.2, 0.25) is 0 Å². The van der Waals surface area contributed by atoms with E-state index in [9.17, 15) is 4.79 Å². The number of aryl methyl sites for hydroxylation is 1. The van der Waals surface area contributed by atoms with E-state index >= 15 is 0 Å². The molecular formula is C23H28N4O3S. The number of benzene rings is 2. The average molecular weight is 441 g/mol. The molecule has 1 aliphatic rings. The number of para-hydroxylation sites is 1. The van der Waals surface area contributed by atoms with Gasteiger partial charge in [0.05, 0.1) is 24.4 Å². The quantitative estimate of drug-likeness (QED) is 0.609. The Hall–Kier alpha value is -2.84. The fourth-order valence-corrected chi connectivity index (χ4v) is 4.84. The molecule has 2 aromatic carbocycles. The van der Waals surface area contributed by atoms with Crippen LogP contribution in [0.5, 0.6) is 11.5 Å². The number of hydrogen-bond acceptors (Lipinski definition) is 7. The van der Waals surface area contributed by atoms with Gasteiger partial charge in [0.1, 0.15) is 11.5 Å². The van der Waals surface area contributed by atoms with Crippen molar-refractivity contribution in [3.63, 3.8) is 0 Å². The Morgan fingerprint density at radius 3 is 2.45 bits per heavy atom. The number of fused-ring (bicyclic) bond motifs is 1. The third-order valence-corrected chi connectivity index (χ3v) is 6.66. The number of hydrogen-bond donors (Lipinski definition) is 1. The minimum absolute atomic E-state index is 0.124. The molecule has 8 heteroatoms. The number of thiazole rings is 1. The number of rotatable bonds is 7. The van der Waals surface area contributed by atoms with Crippen molar-refractivity contribution >= 4 is 32.6 Å². The maximum absolute atomic E-state index is 12.5. The lowest BCUT2D eigenvalue weighted by molar-refractivity contribution is 0.0947. The Kier molecular flexibility index (Phi) is 6.58. The standard InChI is InChI=1S/C23H28N4O3S/c1-16-5-4-6-20-21(16)25-23(31-20)27-11-9-26(10-12-27)8-7-24-22(28)17-13-18(29-2)15-19(14-17)30-3/h4-6,13-15H,7-12H2,1-3H3,(H,24,28). The van der Waals surface area contributed by atoms with Crippen LogP contribution < -0.4 is 19.7 Å². The van der Waals surface area contributed by atoms with E-state index in [0.717, 1.165) is 43.4 Å². The van der Waals surface area contributed by atoms with Gasteiger partial charge in [-0.15, -0.1) is 0 Å². The Morgan fingerprint density at radius 2 is 1.81 bits per heavy atom. The molecule has 0 atom stereocenters. The molecule has 1 fully saturated rings. The van der Waals surface area contributed by atoms with Crippen LogP contribution in [-0.2, 0) is 0 Å². The van der Waals surface area contributed by atoms with E-state index in [1.807, 2.05) is 0 Å². The van der Waals surface area contributed by atoms with E-state index in [2.05, 4.69) is 40.2 Å². The molecule has 0 bridgehead atoms. The molecule has 0 unspecified atom stereocenters. The van der Waals surface area contributed by atoms with Gasteiger partial charge in [0, 0.05) is 50.9 Å². The van der Waals surface area contributed by atoms with E-state index in [1.54, 1.807) is 43.8 Å². The van der Waals surface area contributed by atoms with Crippen molar-refractivity contribution < 1.29 is 14.3 Å². The van der Waals surface area contributed by atoms with Crippen molar-refractivity contribution in [1.29, 1.82) is 0 Å². The number of carbonyl (C=O) groups excluding carboxylic acids is 1. The number of anilines is 1. The number of nitrogens with one attached hydrogen (secondary N) is 1. The van der Waals surface area contributed by atoms with Crippen LogP contribution in [0.25, 0.3) is 10.2 Å². The van der Waals surface area contributed by atoms with Crippen LogP contribution in [0.1, 0.15) is 15.9 Å². The number of carbonyl (C=O) groups is 1. The zero-order valence-corrected chi connectivity index (χ0v) is 19.0. The maximum Gasteiger partial charge on any atom is 0.251 e. The fraction of sp³-hybridized carbons (Fsp3) is 0.391. The highest BCUT2D eigenvalue weighted by Crippen LogP contribution is 2.31. The number of nitrogens with zero attached hydrogens (tertiary/aromatic N) is 3. The monoisotopic (exact) mass is 440 g/mol. The van der Waals surface area contributed by atoms with Crippen LogP contribution in [0.15, 0.2) is 36.4 Å². The lowest BCUT2D eigenvalue weighted by Crippen LogP contribution is -2.48. The van der Waals surface area contributed by atoms with Gasteiger partial charge >= 0.3 is 0 Å². The Balaban J connectivity index is 1.27. The minimum Gasteiger partial charge on any atom is -0.497 e. The van der Waals surface area contributed by atoms with Crippen LogP contribution in [0, 0.1) is 6.92 Å². The first-order valence-electron chi connectivity index (χ1n) is 10.4. The molecular weight excluding hydrogens is 412 g/mol. The Labute approximate surface area is 186 Å². The number of ether oxygens (including phenoxy) is 2. The first kappa shape index (κ1) is 21.4. The minimum atomic E-state index is -0.124. The SMILES string of the molecule is COc1cc(OC)cc(C(=O)NCCN2CCN(c3nc4c(C)cccc4s3)CC2)c1. The van der Waals surface area contributed by atoms with Crippen LogP contribution in [0.4, 0.5) is 5.13 Å². The lowest BCUT2D eigenvalue weighted by Gasteiger charge is -2.34. The molecule has 0 aliphatic carbocycles. The summed E-state index contributed by atoms with van der Waals surface area (Å²) >= 11 is 1.76. The summed E-state index contributed by atoms with van der Waals surface area (Å²) in [7, 11) is 3.15. The van der Waals surface area contributed by atoms with Gasteiger partial charge in [-0.3, -0.25) is 9.69 Å². The summed E-state index contributed by atoms with van der Waals surface area (Å²) in [5.74, 6) is 1.08. The predicted molar refractivity (Wildman–Crippen MR) is 125 cm³/mol. The number of methoxy groups -OCH3 is 2. The summed E-state index contributed by atoms with van der Waals surface area (Å²) in [5, 5.41) is 4.10. The van der Waals surface area contributed by atoms with Crippen molar-refractivity contribution in [2.45, 2.75) is 6.92 Å². The Morgan fingerprint density at radius 1 is 1.10 bits per heavy atom.